The molecule has 7 heteroatoms. The number of aromatic nitrogens is 1. The van der Waals surface area contributed by atoms with Gasteiger partial charge in [0, 0.05) is 22.9 Å². The summed E-state index contributed by atoms with van der Waals surface area (Å²) < 4.78 is 6.18. The van der Waals surface area contributed by atoms with Crippen molar-refractivity contribution in [2.75, 3.05) is 5.75 Å². The smallest absolute Gasteiger partial charge is 0.550 e. The standard InChI is InChI=1S/C23H22N2O3S.Na/c24-15-17-10-11-20(19-8-5-4-7-18(17)19)28-21-16-25-13-12-22(21)29-14-6-2-1-3-9-23(26)27;/h4-5,7-8,10-13,16H,1-3,6,9,14H2,(H,26,27);/q;+1/p-1. The summed E-state index contributed by atoms with van der Waals surface area (Å²) in [6.45, 7) is 0. The van der Waals surface area contributed by atoms with Crippen molar-refractivity contribution < 1.29 is 44.2 Å². The Balaban J connectivity index is 0.00000320. The molecule has 0 amide bonds. The molecule has 1 heterocycles. The maximum absolute atomic E-state index is 10.4. The van der Waals surface area contributed by atoms with Crippen LogP contribution < -0.4 is 39.4 Å². The van der Waals surface area contributed by atoms with Crippen molar-refractivity contribution >= 4 is 28.5 Å². The number of hydrogen-bond acceptors (Lipinski definition) is 6. The fourth-order valence-electron chi connectivity index (χ4n) is 3.05. The molecular formula is C23H21N2NaO3S. The van der Waals surface area contributed by atoms with Crippen LogP contribution in [0.15, 0.2) is 59.8 Å². The van der Waals surface area contributed by atoms with Gasteiger partial charge in [-0.05, 0) is 43.2 Å². The Labute approximate surface area is 202 Å². The number of fused-ring (bicyclic) bond motifs is 1. The first-order chi connectivity index (χ1) is 14.2. The zero-order valence-electron chi connectivity index (χ0n) is 17.0. The molecule has 3 rings (SSSR count). The van der Waals surface area contributed by atoms with Gasteiger partial charge in [0.15, 0.2) is 5.75 Å². The zero-order valence-corrected chi connectivity index (χ0v) is 19.8. The van der Waals surface area contributed by atoms with Crippen molar-refractivity contribution in [3.05, 3.63) is 60.4 Å². The van der Waals surface area contributed by atoms with Crippen LogP contribution in [0.3, 0.4) is 0 Å². The summed E-state index contributed by atoms with van der Waals surface area (Å²) in [6.07, 6.45) is 7.13. The van der Waals surface area contributed by atoms with Crippen LogP contribution in [0.1, 0.15) is 37.7 Å². The number of carboxylic acid groups (broad SMARTS) is 1. The maximum atomic E-state index is 10.4. The van der Waals surface area contributed by atoms with E-state index in [0.29, 0.717) is 23.5 Å². The Hall–Kier alpha value is -2.04. The number of hydrogen-bond donors (Lipinski definition) is 0. The van der Waals surface area contributed by atoms with Gasteiger partial charge in [-0.3, -0.25) is 4.98 Å². The van der Waals surface area contributed by atoms with E-state index in [1.165, 1.54) is 0 Å². The van der Waals surface area contributed by atoms with E-state index >= 15 is 0 Å². The molecule has 3 aromatic rings. The minimum atomic E-state index is -0.978. The predicted molar refractivity (Wildman–Crippen MR) is 112 cm³/mol. The van der Waals surface area contributed by atoms with Gasteiger partial charge >= 0.3 is 29.6 Å². The van der Waals surface area contributed by atoms with Crippen LogP contribution in [0.2, 0.25) is 0 Å². The Morgan fingerprint density at radius 1 is 1.03 bits per heavy atom. The Kier molecular flexibility index (Phi) is 10.2. The molecule has 0 aliphatic heterocycles. The Morgan fingerprint density at radius 3 is 2.57 bits per heavy atom. The normalized spacial score (nSPS) is 10.2. The van der Waals surface area contributed by atoms with Crippen LogP contribution in [-0.2, 0) is 4.79 Å². The molecule has 0 saturated carbocycles. The number of thioether (sulfide) groups is 1. The van der Waals surface area contributed by atoms with E-state index in [2.05, 4.69) is 11.1 Å². The summed E-state index contributed by atoms with van der Waals surface area (Å²) in [5.74, 6) is 1.31. The topological polar surface area (TPSA) is 86.0 Å². The SMILES string of the molecule is N#Cc1ccc(Oc2cnccc2SCCCCCCC(=O)[O-])c2ccccc12.[Na+]. The molecule has 0 aliphatic carbocycles. The van der Waals surface area contributed by atoms with E-state index in [9.17, 15) is 15.2 Å². The average molecular weight is 428 g/mol. The molecule has 30 heavy (non-hydrogen) atoms. The van der Waals surface area contributed by atoms with Gasteiger partial charge < -0.3 is 14.6 Å². The largest absolute Gasteiger partial charge is 1.00 e. The van der Waals surface area contributed by atoms with Crippen LogP contribution in [0, 0.1) is 11.3 Å². The number of unbranched alkanes of at least 4 members (excludes halogenated alkanes) is 3. The van der Waals surface area contributed by atoms with E-state index in [-0.39, 0.29) is 36.0 Å². The summed E-state index contributed by atoms with van der Waals surface area (Å²) in [5.41, 5.74) is 0.618. The molecule has 1 aromatic heterocycles. The molecule has 0 saturated heterocycles. The minimum Gasteiger partial charge on any atom is -0.550 e. The first kappa shape index (κ1) is 24.2. The molecule has 0 spiro atoms. The monoisotopic (exact) mass is 428 g/mol. The van der Waals surface area contributed by atoms with Crippen molar-refractivity contribution in [1.29, 1.82) is 5.26 Å². The van der Waals surface area contributed by atoms with Gasteiger partial charge in [0.1, 0.15) is 5.75 Å². The van der Waals surface area contributed by atoms with Crippen LogP contribution in [0.4, 0.5) is 0 Å². The molecule has 148 valence electrons. The first-order valence-electron chi connectivity index (χ1n) is 9.55. The molecular weight excluding hydrogens is 407 g/mol. The summed E-state index contributed by atoms with van der Waals surface area (Å²) >= 11 is 1.70. The van der Waals surface area contributed by atoms with Gasteiger partial charge in [-0.25, -0.2) is 0 Å². The molecule has 0 bridgehead atoms. The number of ether oxygens (including phenoxy) is 1. The number of benzene rings is 2. The first-order valence-corrected chi connectivity index (χ1v) is 10.5. The maximum Gasteiger partial charge on any atom is 1.00 e. The summed E-state index contributed by atoms with van der Waals surface area (Å²) in [5, 5.41) is 21.5. The third-order valence-electron chi connectivity index (χ3n) is 4.50. The van der Waals surface area contributed by atoms with Crippen molar-refractivity contribution in [3.63, 3.8) is 0 Å². The Bertz CT molecular complexity index is 1040. The molecule has 2 aromatic carbocycles. The number of rotatable bonds is 10. The van der Waals surface area contributed by atoms with E-state index in [0.717, 1.165) is 40.7 Å². The van der Waals surface area contributed by atoms with Crippen LogP contribution in [0.5, 0.6) is 11.5 Å². The second-order valence-electron chi connectivity index (χ2n) is 6.58. The predicted octanol–water partition coefficient (Wildman–Crippen LogP) is 1.70. The van der Waals surface area contributed by atoms with E-state index < -0.39 is 5.97 Å². The number of carboxylic acids is 1. The fourth-order valence-corrected chi connectivity index (χ4v) is 4.01. The van der Waals surface area contributed by atoms with Gasteiger partial charge in [0.25, 0.3) is 0 Å². The molecule has 0 N–H and O–H groups in total. The van der Waals surface area contributed by atoms with Gasteiger partial charge in [-0.1, -0.05) is 37.1 Å². The average Bonchev–Trinajstić information content (AvgIpc) is 2.74. The third kappa shape index (κ3) is 6.75. The van der Waals surface area contributed by atoms with Crippen molar-refractivity contribution in [2.45, 2.75) is 37.0 Å². The molecule has 5 nitrogen and oxygen atoms in total. The molecule has 0 unspecified atom stereocenters. The zero-order chi connectivity index (χ0) is 20.5. The molecule has 0 radical (unpaired) electrons. The van der Waals surface area contributed by atoms with Gasteiger partial charge in [-0.2, -0.15) is 5.26 Å². The van der Waals surface area contributed by atoms with E-state index in [1.807, 2.05) is 36.4 Å². The molecule has 0 atom stereocenters. The summed E-state index contributed by atoms with van der Waals surface area (Å²) in [6, 6.07) is 15.4. The van der Waals surface area contributed by atoms with Crippen LogP contribution in [0.25, 0.3) is 10.8 Å². The second kappa shape index (κ2) is 12.6. The van der Waals surface area contributed by atoms with Crippen molar-refractivity contribution in [3.8, 4) is 17.6 Å². The number of carbonyl (C=O) groups excluding carboxylic acids is 1. The number of pyridine rings is 1. The third-order valence-corrected chi connectivity index (χ3v) is 5.64. The number of aliphatic carboxylic acids is 1. The molecule has 0 aliphatic rings. The van der Waals surface area contributed by atoms with Crippen LogP contribution >= 0.6 is 11.8 Å². The second-order valence-corrected chi connectivity index (χ2v) is 7.71. The Morgan fingerprint density at radius 2 is 1.80 bits per heavy atom. The van der Waals surface area contributed by atoms with E-state index in [1.54, 1.807) is 30.2 Å². The molecule has 0 fully saturated rings. The van der Waals surface area contributed by atoms with Crippen molar-refractivity contribution in [1.82, 2.24) is 4.98 Å². The number of carbonyl (C=O) groups is 1. The number of nitrogens with zero attached hydrogens (tertiary/aromatic N) is 2. The number of nitriles is 1. The van der Waals surface area contributed by atoms with Gasteiger partial charge in [-0.15, -0.1) is 11.8 Å². The van der Waals surface area contributed by atoms with Crippen molar-refractivity contribution in [2.24, 2.45) is 0 Å². The van der Waals surface area contributed by atoms with E-state index in [4.69, 9.17) is 4.74 Å². The van der Waals surface area contributed by atoms with Crippen LogP contribution in [-0.4, -0.2) is 16.7 Å². The summed E-state index contributed by atoms with van der Waals surface area (Å²) in [7, 11) is 0. The van der Waals surface area contributed by atoms with Gasteiger partial charge in [0.2, 0.25) is 0 Å². The quantitative estimate of drug-likeness (QED) is 0.278. The van der Waals surface area contributed by atoms with Gasteiger partial charge in [0.05, 0.1) is 22.7 Å². The minimum absolute atomic E-state index is 0. The fraction of sp³-hybridized carbons (Fsp3) is 0.261. The summed E-state index contributed by atoms with van der Waals surface area (Å²) in [4.78, 5) is 15.6.